The second kappa shape index (κ2) is 9.11. The molecule has 1 amide bonds. The van der Waals surface area contributed by atoms with Gasteiger partial charge in [0, 0.05) is 34.7 Å². The summed E-state index contributed by atoms with van der Waals surface area (Å²) in [7, 11) is 0. The Bertz CT molecular complexity index is 1580. The zero-order chi connectivity index (χ0) is 29.7. The molecule has 5 aliphatic rings. The quantitative estimate of drug-likeness (QED) is 0.569. The number of ketones is 2. The van der Waals surface area contributed by atoms with Crippen molar-refractivity contribution < 1.29 is 29.0 Å². The third kappa shape index (κ3) is 3.76. The molecule has 9 heteroatoms. The number of aliphatic hydroxyl groups is 1. The van der Waals surface area contributed by atoms with Crippen LogP contribution < -0.4 is 5.32 Å². The lowest BCUT2D eigenvalue weighted by Crippen LogP contribution is -2.64. The number of nitrogens with one attached hydrogen (secondary N) is 1. The molecule has 1 aliphatic heterocycles. The molecule has 9 nitrogen and oxygen atoms in total. The van der Waals surface area contributed by atoms with Crippen molar-refractivity contribution in [1.82, 2.24) is 15.3 Å². The molecule has 1 aromatic carbocycles. The molecular formula is C33H37N3O6. The molecular weight excluding hydrogens is 534 g/mol. The van der Waals surface area contributed by atoms with Crippen molar-refractivity contribution in [2.75, 3.05) is 6.54 Å². The first-order valence-electron chi connectivity index (χ1n) is 14.9. The van der Waals surface area contributed by atoms with Crippen LogP contribution in [0, 0.1) is 28.6 Å². The number of aliphatic hydroxyl groups excluding tert-OH is 1. The zero-order valence-electron chi connectivity index (χ0n) is 24.4. The van der Waals surface area contributed by atoms with Gasteiger partial charge < -0.3 is 19.9 Å². The minimum absolute atomic E-state index is 0.00120. The van der Waals surface area contributed by atoms with Gasteiger partial charge in [0.1, 0.15) is 0 Å². The van der Waals surface area contributed by atoms with Gasteiger partial charge in [0.25, 0.3) is 5.91 Å². The minimum atomic E-state index is -1.31. The fraction of sp³-hybridized carbons (Fsp3) is 0.545. The van der Waals surface area contributed by atoms with Crippen LogP contribution in [0.15, 0.2) is 54.4 Å². The van der Waals surface area contributed by atoms with Crippen molar-refractivity contribution in [2.24, 2.45) is 28.6 Å². The average molecular weight is 572 g/mol. The first kappa shape index (κ1) is 27.6. The number of hydrogen-bond acceptors (Lipinski definition) is 8. The number of carbonyl (C=O) groups is 3. The van der Waals surface area contributed by atoms with E-state index in [2.05, 4.69) is 29.1 Å². The van der Waals surface area contributed by atoms with E-state index < -0.39 is 34.4 Å². The van der Waals surface area contributed by atoms with E-state index in [-0.39, 0.29) is 41.8 Å². The second-order valence-electron chi connectivity index (χ2n) is 13.7. The van der Waals surface area contributed by atoms with Crippen molar-refractivity contribution in [1.29, 1.82) is 0 Å². The van der Waals surface area contributed by atoms with Crippen LogP contribution in [0.1, 0.15) is 63.7 Å². The van der Waals surface area contributed by atoms with Crippen LogP contribution in [0.4, 0.5) is 0 Å². The molecule has 4 aliphatic carbocycles. The number of allylic oxidation sites excluding steroid dienone is 4. The third-order valence-electron chi connectivity index (χ3n) is 11.0. The van der Waals surface area contributed by atoms with Gasteiger partial charge in [0.2, 0.25) is 0 Å². The molecule has 0 radical (unpaired) electrons. The molecule has 3 saturated carbocycles. The van der Waals surface area contributed by atoms with E-state index in [1.807, 2.05) is 19.9 Å². The fourth-order valence-corrected chi connectivity index (χ4v) is 9.42. The highest BCUT2D eigenvalue weighted by Gasteiger charge is 2.76. The Balaban J connectivity index is 1.19. The molecule has 2 heterocycles. The van der Waals surface area contributed by atoms with Crippen LogP contribution in [0.5, 0.6) is 0 Å². The van der Waals surface area contributed by atoms with E-state index >= 15 is 0 Å². The number of Topliss-reactive ketones (excluding diaryl/α,β-unsaturated/α-hetero) is 1. The Labute approximate surface area is 244 Å². The molecule has 5 unspecified atom stereocenters. The Morgan fingerprint density at radius 2 is 1.88 bits per heavy atom. The maximum atomic E-state index is 14.4. The Morgan fingerprint density at radius 1 is 1.12 bits per heavy atom. The number of ether oxygens (including phenoxy) is 2. The summed E-state index contributed by atoms with van der Waals surface area (Å²) >= 11 is 0. The molecule has 0 spiro atoms. The number of rotatable bonds is 4. The number of aromatic nitrogens is 2. The molecule has 2 N–H and O–H groups in total. The van der Waals surface area contributed by atoms with Gasteiger partial charge in [-0.3, -0.25) is 24.4 Å². The highest BCUT2D eigenvalue weighted by Crippen LogP contribution is 2.70. The normalized spacial score (nSPS) is 39.6. The van der Waals surface area contributed by atoms with Crippen LogP contribution >= 0.6 is 0 Å². The largest absolute Gasteiger partial charge is 0.393 e. The van der Waals surface area contributed by atoms with E-state index in [1.54, 1.807) is 42.7 Å². The van der Waals surface area contributed by atoms with Crippen molar-refractivity contribution in [3.63, 3.8) is 0 Å². The van der Waals surface area contributed by atoms with Gasteiger partial charge in [-0.15, -0.1) is 0 Å². The van der Waals surface area contributed by atoms with Gasteiger partial charge in [-0.25, -0.2) is 0 Å². The minimum Gasteiger partial charge on any atom is -0.393 e. The van der Waals surface area contributed by atoms with Crippen molar-refractivity contribution in [2.45, 2.75) is 77.0 Å². The molecule has 4 fully saturated rings. The van der Waals surface area contributed by atoms with Crippen molar-refractivity contribution in [3.05, 3.63) is 60.0 Å². The van der Waals surface area contributed by atoms with Gasteiger partial charge in [-0.1, -0.05) is 25.5 Å². The van der Waals surface area contributed by atoms with Gasteiger partial charge >= 0.3 is 0 Å². The Hall–Kier alpha value is -3.27. The lowest BCUT2D eigenvalue weighted by molar-refractivity contribution is -0.224. The molecule has 2 aromatic rings. The first-order valence-corrected chi connectivity index (χ1v) is 14.9. The predicted octanol–water partition coefficient (Wildman–Crippen LogP) is 3.71. The monoisotopic (exact) mass is 571 g/mol. The molecule has 1 saturated heterocycles. The zero-order valence-corrected chi connectivity index (χ0v) is 24.4. The number of nitrogens with zero attached hydrogens (tertiary/aromatic N) is 2. The molecule has 220 valence electrons. The van der Waals surface area contributed by atoms with Crippen LogP contribution in [0.25, 0.3) is 11.0 Å². The summed E-state index contributed by atoms with van der Waals surface area (Å²) in [5.41, 5.74) is 0.309. The maximum Gasteiger partial charge on any atom is 0.251 e. The summed E-state index contributed by atoms with van der Waals surface area (Å²) in [6, 6.07) is 5.06. The fourth-order valence-electron chi connectivity index (χ4n) is 9.42. The molecule has 0 bridgehead atoms. The van der Waals surface area contributed by atoms with E-state index in [0.29, 0.717) is 29.4 Å². The van der Waals surface area contributed by atoms with E-state index in [0.717, 1.165) is 18.4 Å². The molecule has 42 heavy (non-hydrogen) atoms. The number of amides is 1. The van der Waals surface area contributed by atoms with E-state index in [9.17, 15) is 19.5 Å². The predicted molar refractivity (Wildman–Crippen MR) is 153 cm³/mol. The molecule has 1 aromatic heterocycles. The van der Waals surface area contributed by atoms with Gasteiger partial charge in [-0.05, 0) is 81.7 Å². The van der Waals surface area contributed by atoms with Crippen molar-refractivity contribution in [3.8, 4) is 0 Å². The lowest BCUT2D eigenvalue weighted by atomic mass is 9.46. The molecule has 8 atom stereocenters. The summed E-state index contributed by atoms with van der Waals surface area (Å²) in [5, 5.41) is 14.7. The third-order valence-corrected chi connectivity index (χ3v) is 11.0. The van der Waals surface area contributed by atoms with Crippen LogP contribution in [0.2, 0.25) is 0 Å². The van der Waals surface area contributed by atoms with Crippen molar-refractivity contribution >= 4 is 28.5 Å². The van der Waals surface area contributed by atoms with Crippen LogP contribution in [-0.4, -0.2) is 62.7 Å². The summed E-state index contributed by atoms with van der Waals surface area (Å²) in [6.07, 6.45) is 9.91. The topological polar surface area (TPSA) is 128 Å². The van der Waals surface area contributed by atoms with E-state index in [1.165, 1.54) is 0 Å². The SMILES string of the molecule is CC1(C)O[C@@H]2CC3C4CCC5=CC(=O)C=CC5(C)C4[C@@H](O)CC3(C)[C@]2(C(=O)CNC(=O)c2ccc3nccnc3c2)O1. The number of fused-ring (bicyclic) bond motifs is 8. The average Bonchev–Trinajstić information content (AvgIpc) is 3.36. The Morgan fingerprint density at radius 3 is 2.67 bits per heavy atom. The van der Waals surface area contributed by atoms with Gasteiger partial charge in [-0.2, -0.15) is 0 Å². The summed E-state index contributed by atoms with van der Waals surface area (Å²) in [6.45, 7) is 7.61. The number of benzene rings is 1. The smallest absolute Gasteiger partial charge is 0.251 e. The number of hydrogen-bond donors (Lipinski definition) is 2. The van der Waals surface area contributed by atoms with Crippen LogP contribution in [0.3, 0.4) is 0 Å². The van der Waals surface area contributed by atoms with Gasteiger partial charge in [0.15, 0.2) is 23.0 Å². The number of carbonyl (C=O) groups excluding carboxylic acids is 3. The highest BCUT2D eigenvalue weighted by atomic mass is 16.8. The second-order valence-corrected chi connectivity index (χ2v) is 13.7. The summed E-state index contributed by atoms with van der Waals surface area (Å²) in [4.78, 5) is 48.2. The molecule has 7 rings (SSSR count). The van der Waals surface area contributed by atoms with Gasteiger partial charge in [0.05, 0.1) is 29.8 Å². The van der Waals surface area contributed by atoms with E-state index in [4.69, 9.17) is 9.47 Å². The summed E-state index contributed by atoms with van der Waals surface area (Å²) < 4.78 is 13.1. The van der Waals surface area contributed by atoms with Crippen LogP contribution in [-0.2, 0) is 19.1 Å². The summed E-state index contributed by atoms with van der Waals surface area (Å²) in [5.74, 6) is -1.50. The standard InChI is InChI=1S/C33H37N3O6/c1-30(2)41-27-15-22-21-7-6-19-14-20(37)9-10-31(19,3)28(21)25(38)16-32(22,4)33(27,42-30)26(39)17-36-29(40)18-5-8-23-24(13-18)35-12-11-34-23/h5,8-14,21-22,25,27-28,38H,6-7,15-17H2,1-4H3,(H,36,40)/t21?,22?,25-,27+,28?,31?,32?,33+/m0/s1. The Kier molecular flexibility index (Phi) is 5.98. The first-order chi connectivity index (χ1) is 19.9. The maximum absolute atomic E-state index is 14.4. The lowest BCUT2D eigenvalue weighted by Gasteiger charge is -2.60. The highest BCUT2D eigenvalue weighted by molar-refractivity contribution is 6.02.